The Bertz CT molecular complexity index is 1530. The van der Waals surface area contributed by atoms with Crippen molar-refractivity contribution in [2.24, 2.45) is 11.8 Å². The highest BCUT2D eigenvalue weighted by atomic mass is 28.4. The topological polar surface area (TPSA) is 74.2 Å². The predicted molar refractivity (Wildman–Crippen MR) is 200 cm³/mol. The molecule has 260 valence electrons. The van der Waals surface area contributed by atoms with Gasteiger partial charge in [-0.25, -0.2) is 0 Å². The van der Waals surface area contributed by atoms with Crippen molar-refractivity contribution in [1.29, 1.82) is 0 Å². The van der Waals surface area contributed by atoms with Gasteiger partial charge in [0.2, 0.25) is 0 Å². The lowest BCUT2D eigenvalue weighted by Gasteiger charge is -2.44. The van der Waals surface area contributed by atoms with Crippen LogP contribution in [0.4, 0.5) is 0 Å². The molecule has 0 radical (unpaired) electrons. The van der Waals surface area contributed by atoms with Gasteiger partial charge >= 0.3 is 5.97 Å². The summed E-state index contributed by atoms with van der Waals surface area (Å²) in [4.78, 5) is 11.8. The first-order valence-electron chi connectivity index (χ1n) is 17.1. The van der Waals surface area contributed by atoms with Crippen LogP contribution in [-0.2, 0) is 31.9 Å². The van der Waals surface area contributed by atoms with Gasteiger partial charge < -0.3 is 23.7 Å². The highest BCUT2D eigenvalue weighted by Crippen LogP contribution is 2.37. The van der Waals surface area contributed by atoms with Gasteiger partial charge in [0, 0.05) is 18.4 Å². The molecule has 0 amide bonds. The molecule has 0 aliphatic carbocycles. The molecule has 7 heteroatoms. The fourth-order valence-electron chi connectivity index (χ4n) is 6.19. The normalized spacial score (nSPS) is 14.7. The van der Waals surface area contributed by atoms with Gasteiger partial charge in [-0.05, 0) is 38.7 Å². The minimum atomic E-state index is -2.76. The molecule has 0 spiro atoms. The number of rotatable bonds is 18. The van der Waals surface area contributed by atoms with Crippen molar-refractivity contribution in [2.45, 2.75) is 71.5 Å². The second-order valence-corrected chi connectivity index (χ2v) is 18.1. The van der Waals surface area contributed by atoms with E-state index in [0.717, 1.165) is 16.9 Å². The van der Waals surface area contributed by atoms with Crippen LogP contribution in [0.25, 0.3) is 0 Å². The molecule has 49 heavy (non-hydrogen) atoms. The Morgan fingerprint density at radius 2 is 1.24 bits per heavy atom. The second kappa shape index (κ2) is 18.1. The van der Waals surface area contributed by atoms with E-state index in [1.165, 1.54) is 10.4 Å². The standard InChI is InChI=1S/C42H52O6Si/c1-32(40(28-41(43)44)47-30-34-16-10-7-11-17-34)22-27-39(46-31-35-23-25-36(45-6)26-24-35)33(2)29-48-49(42(3,4)5,37-18-12-8-13-19-37)38-20-14-9-15-21-38/h7-27,32-33,39-40H,28-31H2,1-6H3,(H,43,44)/b27-22-/t32-,33+,39-,40+/m0/s1. The van der Waals surface area contributed by atoms with E-state index >= 15 is 0 Å². The predicted octanol–water partition coefficient (Wildman–Crippen LogP) is 8.05. The zero-order chi connectivity index (χ0) is 35.3. The van der Waals surface area contributed by atoms with Crippen LogP contribution in [-0.4, -0.2) is 45.3 Å². The summed E-state index contributed by atoms with van der Waals surface area (Å²) in [5.41, 5.74) is 2.03. The number of benzene rings is 4. The summed E-state index contributed by atoms with van der Waals surface area (Å²) >= 11 is 0. The van der Waals surface area contributed by atoms with Gasteiger partial charge in [-0.15, -0.1) is 0 Å². The molecule has 4 aromatic rings. The Morgan fingerprint density at radius 3 is 1.76 bits per heavy atom. The van der Waals surface area contributed by atoms with Gasteiger partial charge in [0.1, 0.15) is 5.75 Å². The van der Waals surface area contributed by atoms with Crippen LogP contribution < -0.4 is 15.1 Å². The lowest BCUT2D eigenvalue weighted by Crippen LogP contribution is -2.67. The number of aliphatic carboxylic acids is 1. The van der Waals surface area contributed by atoms with Crippen molar-refractivity contribution in [1.82, 2.24) is 0 Å². The summed E-state index contributed by atoms with van der Waals surface area (Å²) in [6, 6.07) is 39.0. The first kappa shape index (κ1) is 37.8. The lowest BCUT2D eigenvalue weighted by molar-refractivity contribution is -0.141. The Kier molecular flexibility index (Phi) is 14.0. The van der Waals surface area contributed by atoms with Crippen LogP contribution in [0.5, 0.6) is 5.75 Å². The van der Waals surface area contributed by atoms with Crippen LogP contribution in [0.1, 0.15) is 52.2 Å². The molecule has 0 unspecified atom stereocenters. The van der Waals surface area contributed by atoms with Crippen molar-refractivity contribution in [2.75, 3.05) is 13.7 Å². The van der Waals surface area contributed by atoms with Gasteiger partial charge in [-0.2, -0.15) is 0 Å². The number of ether oxygens (including phenoxy) is 3. The summed E-state index contributed by atoms with van der Waals surface area (Å²) < 4.78 is 25.4. The first-order valence-corrected chi connectivity index (χ1v) is 19.0. The molecular formula is C42H52O6Si. The summed E-state index contributed by atoms with van der Waals surface area (Å²) in [5.74, 6) is -0.290. The average Bonchev–Trinajstić information content (AvgIpc) is 3.11. The second-order valence-electron chi connectivity index (χ2n) is 13.8. The molecule has 0 fully saturated rings. The average molecular weight is 681 g/mol. The van der Waals surface area contributed by atoms with Crippen molar-refractivity contribution < 1.29 is 28.5 Å². The number of methoxy groups -OCH3 is 1. The molecule has 1 N–H and O–H groups in total. The number of carboxylic acid groups (broad SMARTS) is 1. The zero-order valence-corrected chi connectivity index (χ0v) is 30.8. The van der Waals surface area contributed by atoms with Gasteiger partial charge in [-0.1, -0.05) is 150 Å². The summed E-state index contributed by atoms with van der Waals surface area (Å²) in [6.07, 6.45) is 3.20. The Morgan fingerprint density at radius 1 is 0.735 bits per heavy atom. The Balaban J connectivity index is 1.60. The van der Waals surface area contributed by atoms with Crippen LogP contribution >= 0.6 is 0 Å². The van der Waals surface area contributed by atoms with E-state index in [0.29, 0.717) is 19.8 Å². The van der Waals surface area contributed by atoms with Gasteiger partial charge in [0.25, 0.3) is 8.32 Å². The number of carboxylic acids is 1. The number of carbonyl (C=O) groups is 1. The van der Waals surface area contributed by atoms with E-state index in [9.17, 15) is 9.90 Å². The highest BCUT2D eigenvalue weighted by molar-refractivity contribution is 6.99. The van der Waals surface area contributed by atoms with Crippen molar-refractivity contribution >= 4 is 24.7 Å². The minimum Gasteiger partial charge on any atom is -0.497 e. The van der Waals surface area contributed by atoms with Crippen LogP contribution in [0.15, 0.2) is 127 Å². The van der Waals surface area contributed by atoms with E-state index in [-0.39, 0.29) is 29.4 Å². The van der Waals surface area contributed by atoms with Crippen molar-refractivity contribution in [3.63, 3.8) is 0 Å². The number of hydrogen-bond donors (Lipinski definition) is 1. The molecule has 6 nitrogen and oxygen atoms in total. The summed E-state index contributed by atoms with van der Waals surface area (Å²) in [6.45, 7) is 12.2. The molecular weight excluding hydrogens is 629 g/mol. The highest BCUT2D eigenvalue weighted by Gasteiger charge is 2.50. The van der Waals surface area contributed by atoms with Crippen molar-refractivity contribution in [3.8, 4) is 5.75 Å². The van der Waals surface area contributed by atoms with Gasteiger partial charge in [0.15, 0.2) is 0 Å². The lowest BCUT2D eigenvalue weighted by atomic mass is 9.98. The van der Waals surface area contributed by atoms with Crippen LogP contribution in [0.3, 0.4) is 0 Å². The van der Waals surface area contributed by atoms with E-state index in [1.54, 1.807) is 7.11 Å². The fraction of sp³-hybridized carbons (Fsp3) is 0.357. The van der Waals surface area contributed by atoms with E-state index in [4.69, 9.17) is 18.6 Å². The minimum absolute atomic E-state index is 0.0218. The smallest absolute Gasteiger partial charge is 0.306 e. The maximum Gasteiger partial charge on any atom is 0.306 e. The monoisotopic (exact) mass is 680 g/mol. The van der Waals surface area contributed by atoms with E-state index in [2.05, 4.69) is 94.4 Å². The third-order valence-corrected chi connectivity index (χ3v) is 14.0. The van der Waals surface area contributed by atoms with E-state index < -0.39 is 20.4 Å². The summed E-state index contributed by atoms with van der Waals surface area (Å²) in [5, 5.41) is 12.0. The molecule has 4 atom stereocenters. The van der Waals surface area contributed by atoms with Crippen molar-refractivity contribution in [3.05, 3.63) is 139 Å². The van der Waals surface area contributed by atoms with E-state index in [1.807, 2.05) is 67.6 Å². The van der Waals surface area contributed by atoms with Crippen LogP contribution in [0, 0.1) is 11.8 Å². The Labute approximate surface area is 293 Å². The molecule has 0 saturated carbocycles. The molecule has 4 aromatic carbocycles. The third kappa shape index (κ3) is 10.5. The first-order chi connectivity index (χ1) is 23.5. The van der Waals surface area contributed by atoms with Crippen LogP contribution in [0.2, 0.25) is 5.04 Å². The summed E-state index contributed by atoms with van der Waals surface area (Å²) in [7, 11) is -1.10. The molecule has 0 aliphatic heterocycles. The largest absolute Gasteiger partial charge is 0.497 e. The zero-order valence-electron chi connectivity index (χ0n) is 29.8. The SMILES string of the molecule is COc1ccc(CO[C@@H](/C=C\[C@H](C)[C@@H](CC(=O)O)OCc2ccccc2)[C@H](C)CO[Si](c2ccccc2)(c2ccccc2)C(C)(C)C)cc1. The molecule has 0 saturated heterocycles. The maximum atomic E-state index is 11.8. The maximum absolute atomic E-state index is 11.8. The van der Waals surface area contributed by atoms with Gasteiger partial charge in [0.05, 0.1) is 39.0 Å². The fourth-order valence-corrected chi connectivity index (χ4v) is 10.9. The quantitative estimate of drug-likeness (QED) is 0.0847. The molecule has 0 aromatic heterocycles. The molecule has 0 heterocycles. The number of hydrogen-bond acceptors (Lipinski definition) is 5. The molecule has 0 aliphatic rings. The Hall–Kier alpha value is -4.01. The third-order valence-electron chi connectivity index (χ3n) is 9.02. The molecule has 0 bridgehead atoms. The van der Waals surface area contributed by atoms with Gasteiger partial charge in [-0.3, -0.25) is 4.79 Å². The molecule has 4 rings (SSSR count).